The van der Waals surface area contributed by atoms with E-state index in [-0.39, 0.29) is 17.4 Å². The average molecular weight is 452 g/mol. The summed E-state index contributed by atoms with van der Waals surface area (Å²) in [4.78, 5) is 38.2. The zero-order chi connectivity index (χ0) is 22.8. The van der Waals surface area contributed by atoms with Crippen molar-refractivity contribution in [1.29, 1.82) is 0 Å². The maximum Gasteiger partial charge on any atom is 0.259 e. The number of rotatable bonds is 5. The Morgan fingerprint density at radius 2 is 2.06 bits per heavy atom. The van der Waals surface area contributed by atoms with E-state index in [1.807, 2.05) is 24.3 Å². The molecule has 0 aromatic carbocycles. The third-order valence-electron chi connectivity index (χ3n) is 5.76. The first-order valence-corrected chi connectivity index (χ1v) is 11.8. The first-order valence-electron chi connectivity index (χ1n) is 10.9. The van der Waals surface area contributed by atoms with Gasteiger partial charge in [0.15, 0.2) is 0 Å². The summed E-state index contributed by atoms with van der Waals surface area (Å²) in [5, 5.41) is 3.04. The van der Waals surface area contributed by atoms with Crippen molar-refractivity contribution in [1.82, 2.24) is 19.3 Å². The summed E-state index contributed by atoms with van der Waals surface area (Å²) < 4.78 is 1.55. The second kappa shape index (κ2) is 9.24. The van der Waals surface area contributed by atoms with Crippen LogP contribution in [0.4, 0.5) is 5.82 Å². The molecule has 3 aromatic rings. The van der Waals surface area contributed by atoms with E-state index >= 15 is 0 Å². The number of piperidine rings is 1. The second-order valence-corrected chi connectivity index (χ2v) is 9.65. The van der Waals surface area contributed by atoms with Gasteiger partial charge in [-0.3, -0.25) is 14.0 Å². The largest absolute Gasteiger partial charge is 0.356 e. The predicted molar refractivity (Wildman–Crippen MR) is 130 cm³/mol. The number of thiazole rings is 1. The lowest BCUT2D eigenvalue weighted by atomic mass is 9.97. The fourth-order valence-corrected chi connectivity index (χ4v) is 4.80. The molecule has 4 rings (SSSR count). The number of nitrogens with zero attached hydrogens (tertiary/aromatic N) is 5. The number of aromatic nitrogens is 3. The summed E-state index contributed by atoms with van der Waals surface area (Å²) in [5.74, 6) is 1.10. The van der Waals surface area contributed by atoms with Crippen molar-refractivity contribution in [3.63, 3.8) is 0 Å². The van der Waals surface area contributed by atoms with Crippen LogP contribution in [0.15, 0.2) is 34.6 Å². The van der Waals surface area contributed by atoms with Gasteiger partial charge in [-0.15, -0.1) is 11.3 Å². The van der Waals surface area contributed by atoms with Crippen molar-refractivity contribution in [2.24, 2.45) is 5.92 Å². The number of carbonyl (C=O) groups excluding carboxylic acids is 1. The molecule has 0 saturated carbocycles. The molecule has 0 bridgehead atoms. The van der Waals surface area contributed by atoms with E-state index in [4.69, 9.17) is 4.98 Å². The molecule has 1 unspecified atom stereocenters. The van der Waals surface area contributed by atoms with Crippen molar-refractivity contribution in [3.8, 4) is 0 Å². The number of anilines is 1. The van der Waals surface area contributed by atoms with Gasteiger partial charge in [-0.05, 0) is 42.5 Å². The Morgan fingerprint density at radius 1 is 1.25 bits per heavy atom. The van der Waals surface area contributed by atoms with Gasteiger partial charge in [0.2, 0.25) is 5.91 Å². The maximum absolute atomic E-state index is 12.7. The van der Waals surface area contributed by atoms with Crippen LogP contribution in [0.2, 0.25) is 0 Å². The molecule has 0 aliphatic carbocycles. The minimum atomic E-state index is -0.122. The third kappa shape index (κ3) is 4.75. The van der Waals surface area contributed by atoms with E-state index < -0.39 is 0 Å². The van der Waals surface area contributed by atoms with Gasteiger partial charge >= 0.3 is 0 Å². The highest BCUT2D eigenvalue weighted by Crippen LogP contribution is 2.23. The zero-order valence-corrected chi connectivity index (χ0v) is 19.8. The van der Waals surface area contributed by atoms with Gasteiger partial charge < -0.3 is 9.80 Å². The molecule has 1 atom stereocenters. The Hall–Kier alpha value is -3.00. The van der Waals surface area contributed by atoms with Gasteiger partial charge in [0.05, 0.1) is 11.6 Å². The normalized spacial score (nSPS) is 16.9. The Balaban J connectivity index is 1.60. The number of fused-ring (bicyclic) bond motifs is 1. The van der Waals surface area contributed by atoms with Gasteiger partial charge in [-0.1, -0.05) is 19.9 Å². The van der Waals surface area contributed by atoms with Crippen LogP contribution in [-0.2, 0) is 4.79 Å². The highest BCUT2D eigenvalue weighted by molar-refractivity contribution is 7.10. The van der Waals surface area contributed by atoms with Crippen molar-refractivity contribution >= 4 is 40.9 Å². The van der Waals surface area contributed by atoms with Gasteiger partial charge in [-0.2, -0.15) is 0 Å². The minimum Gasteiger partial charge on any atom is -0.356 e. The van der Waals surface area contributed by atoms with Crippen molar-refractivity contribution in [2.45, 2.75) is 32.6 Å². The SMILES string of the molecule is CC(C)c1csc(C=Cc2ccn3c(=O)cc(N4CCCC(C(=O)N(C)C)C4)nc3c2)n1. The molecule has 7 nitrogen and oxygen atoms in total. The molecule has 1 aliphatic heterocycles. The molecule has 4 heterocycles. The Kier molecular flexibility index (Phi) is 6.41. The minimum absolute atomic E-state index is 0.0673. The molecule has 1 fully saturated rings. The first-order chi connectivity index (χ1) is 15.3. The van der Waals surface area contributed by atoms with E-state index in [2.05, 4.69) is 29.1 Å². The molecule has 168 valence electrons. The van der Waals surface area contributed by atoms with Gasteiger partial charge in [0.25, 0.3) is 5.56 Å². The molecule has 1 aliphatic rings. The Labute approximate surface area is 192 Å². The third-order valence-corrected chi connectivity index (χ3v) is 6.59. The first kappa shape index (κ1) is 22.2. The summed E-state index contributed by atoms with van der Waals surface area (Å²) in [5.41, 5.74) is 2.52. The van der Waals surface area contributed by atoms with E-state index in [1.54, 1.807) is 47.0 Å². The molecule has 0 radical (unpaired) electrons. The number of carbonyl (C=O) groups is 1. The van der Waals surface area contributed by atoms with Crippen LogP contribution in [0, 0.1) is 5.92 Å². The number of hydrogen-bond donors (Lipinski definition) is 0. The Bertz CT molecular complexity index is 1210. The number of hydrogen-bond acceptors (Lipinski definition) is 6. The van der Waals surface area contributed by atoms with Crippen LogP contribution in [0.25, 0.3) is 17.8 Å². The van der Waals surface area contributed by atoms with E-state index in [0.717, 1.165) is 35.7 Å². The second-order valence-electron chi connectivity index (χ2n) is 8.76. The van der Waals surface area contributed by atoms with Crippen molar-refractivity contribution < 1.29 is 4.79 Å². The number of amides is 1. The van der Waals surface area contributed by atoms with Crippen molar-refractivity contribution in [3.05, 3.63) is 56.4 Å². The van der Waals surface area contributed by atoms with Gasteiger partial charge in [0.1, 0.15) is 16.5 Å². The Morgan fingerprint density at radius 3 is 2.78 bits per heavy atom. The lowest BCUT2D eigenvalue weighted by molar-refractivity contribution is -0.133. The van der Waals surface area contributed by atoms with Crippen LogP contribution in [0.1, 0.15) is 48.9 Å². The van der Waals surface area contributed by atoms with Gasteiger partial charge in [0, 0.05) is 44.8 Å². The van der Waals surface area contributed by atoms with E-state index in [0.29, 0.717) is 23.9 Å². The fourth-order valence-electron chi connectivity index (χ4n) is 3.93. The lowest BCUT2D eigenvalue weighted by Gasteiger charge is -2.33. The maximum atomic E-state index is 12.7. The summed E-state index contributed by atoms with van der Waals surface area (Å²) in [7, 11) is 3.57. The molecular weight excluding hydrogens is 422 g/mol. The molecular formula is C24H29N5O2S. The summed E-state index contributed by atoms with van der Waals surface area (Å²) in [6.45, 7) is 5.64. The highest BCUT2D eigenvalue weighted by atomic mass is 32.1. The van der Waals surface area contributed by atoms with E-state index in [1.165, 1.54) is 0 Å². The quantitative estimate of drug-likeness (QED) is 0.591. The van der Waals surface area contributed by atoms with Crippen LogP contribution in [0.5, 0.6) is 0 Å². The molecule has 1 saturated heterocycles. The predicted octanol–water partition coefficient (Wildman–Crippen LogP) is 3.75. The number of pyridine rings is 1. The highest BCUT2D eigenvalue weighted by Gasteiger charge is 2.27. The zero-order valence-electron chi connectivity index (χ0n) is 19.0. The monoisotopic (exact) mass is 451 g/mol. The molecule has 1 amide bonds. The topological polar surface area (TPSA) is 70.8 Å². The summed E-state index contributed by atoms with van der Waals surface area (Å²) >= 11 is 1.62. The van der Waals surface area contributed by atoms with Crippen LogP contribution >= 0.6 is 11.3 Å². The molecule has 0 spiro atoms. The molecule has 32 heavy (non-hydrogen) atoms. The average Bonchev–Trinajstić information content (AvgIpc) is 3.26. The fraction of sp³-hybridized carbons (Fsp3) is 0.417. The lowest BCUT2D eigenvalue weighted by Crippen LogP contribution is -2.43. The summed E-state index contributed by atoms with van der Waals surface area (Å²) in [6, 6.07) is 5.37. The standard InChI is InChI=1S/C24H29N5O2S/c1-16(2)19-15-32-22(25-19)8-7-17-9-11-29-21(12-17)26-20(13-23(29)30)28-10-5-6-18(14-28)24(31)27(3)4/h7-9,11-13,15-16,18H,5-6,10,14H2,1-4H3. The molecule has 8 heteroatoms. The molecule has 3 aromatic heterocycles. The van der Waals surface area contributed by atoms with Crippen LogP contribution in [-0.4, -0.2) is 52.4 Å². The smallest absolute Gasteiger partial charge is 0.259 e. The molecule has 0 N–H and O–H groups in total. The van der Waals surface area contributed by atoms with E-state index in [9.17, 15) is 9.59 Å². The van der Waals surface area contributed by atoms with Crippen molar-refractivity contribution in [2.75, 3.05) is 32.1 Å². The van der Waals surface area contributed by atoms with Crippen LogP contribution < -0.4 is 10.5 Å². The summed E-state index contributed by atoms with van der Waals surface area (Å²) in [6.07, 6.45) is 7.51. The van der Waals surface area contributed by atoms with Crippen LogP contribution in [0.3, 0.4) is 0 Å². The van der Waals surface area contributed by atoms with Gasteiger partial charge in [-0.25, -0.2) is 9.97 Å².